The van der Waals surface area contributed by atoms with Crippen molar-refractivity contribution in [3.05, 3.63) is 35.4 Å². The van der Waals surface area contributed by atoms with Gasteiger partial charge in [0.1, 0.15) is 6.04 Å². The second kappa shape index (κ2) is 6.09. The molecule has 1 aromatic carbocycles. The minimum absolute atomic E-state index is 0.262. The molecule has 4 amide bonds. The molecule has 116 valence electrons. The van der Waals surface area contributed by atoms with Gasteiger partial charge >= 0.3 is 0 Å². The number of rotatable bonds is 4. The van der Waals surface area contributed by atoms with Crippen molar-refractivity contribution < 1.29 is 19.2 Å². The maximum atomic E-state index is 12.5. The molecule has 0 saturated carbocycles. The van der Waals surface area contributed by atoms with E-state index in [1.54, 1.807) is 31.2 Å². The average Bonchev–Trinajstić information content (AvgIpc) is 2.72. The summed E-state index contributed by atoms with van der Waals surface area (Å²) in [6.07, 6.45) is 0.587. The number of benzene rings is 1. The zero-order valence-corrected chi connectivity index (χ0v) is 12.8. The second-order valence-corrected chi connectivity index (χ2v) is 5.40. The van der Waals surface area contributed by atoms with Crippen LogP contribution in [0.15, 0.2) is 24.3 Å². The lowest BCUT2D eigenvalue weighted by Gasteiger charge is -2.29. The summed E-state index contributed by atoms with van der Waals surface area (Å²) in [6, 6.07) is 5.46. The van der Waals surface area contributed by atoms with Gasteiger partial charge in [0, 0.05) is 6.92 Å². The third-order valence-electron chi connectivity index (χ3n) is 3.85. The van der Waals surface area contributed by atoms with Gasteiger partial charge in [-0.15, -0.1) is 0 Å². The summed E-state index contributed by atoms with van der Waals surface area (Å²) in [5.74, 6) is -2.40. The molecule has 0 aromatic heterocycles. The fourth-order valence-corrected chi connectivity index (χ4v) is 2.56. The molecule has 0 unspecified atom stereocenters. The van der Waals surface area contributed by atoms with E-state index in [0.29, 0.717) is 6.42 Å². The van der Waals surface area contributed by atoms with Crippen molar-refractivity contribution >= 4 is 23.6 Å². The topological polar surface area (TPSA) is 83.6 Å². The highest BCUT2D eigenvalue weighted by Gasteiger charge is 2.44. The third-order valence-corrected chi connectivity index (χ3v) is 3.85. The lowest BCUT2D eigenvalue weighted by Crippen LogP contribution is -2.53. The highest BCUT2D eigenvalue weighted by molar-refractivity contribution is 6.23. The number of amides is 4. The van der Waals surface area contributed by atoms with Crippen LogP contribution in [0.2, 0.25) is 0 Å². The summed E-state index contributed by atoms with van der Waals surface area (Å²) < 4.78 is 0. The van der Waals surface area contributed by atoms with E-state index in [0.717, 1.165) is 4.90 Å². The summed E-state index contributed by atoms with van der Waals surface area (Å²) in [4.78, 5) is 49.4. The van der Waals surface area contributed by atoms with Gasteiger partial charge in [0.05, 0.1) is 11.1 Å². The molecule has 1 aliphatic heterocycles. The molecule has 1 N–H and O–H groups in total. The van der Waals surface area contributed by atoms with E-state index in [-0.39, 0.29) is 17.0 Å². The van der Waals surface area contributed by atoms with Gasteiger partial charge in [-0.2, -0.15) is 0 Å². The maximum Gasteiger partial charge on any atom is 0.262 e. The predicted molar refractivity (Wildman–Crippen MR) is 79.0 cm³/mol. The standard InChI is InChI=1S/C16H18N2O4/c1-4-9(2)13(14(20)17-10(3)19)18-15(21)11-7-5-6-8-12(11)16(18)22/h5-9,13H,4H2,1-3H3,(H,17,19,20)/t9-,13-/m0/s1. The van der Waals surface area contributed by atoms with Crippen LogP contribution in [0.5, 0.6) is 0 Å². The largest absolute Gasteiger partial charge is 0.295 e. The lowest BCUT2D eigenvalue weighted by molar-refractivity contribution is -0.132. The van der Waals surface area contributed by atoms with E-state index in [1.807, 2.05) is 6.92 Å². The van der Waals surface area contributed by atoms with Crippen molar-refractivity contribution in [3.63, 3.8) is 0 Å². The Morgan fingerprint density at radius 2 is 1.64 bits per heavy atom. The van der Waals surface area contributed by atoms with Crippen LogP contribution >= 0.6 is 0 Å². The minimum Gasteiger partial charge on any atom is -0.295 e. The molecule has 0 saturated heterocycles. The van der Waals surface area contributed by atoms with Crippen molar-refractivity contribution in [2.24, 2.45) is 5.92 Å². The normalized spacial score (nSPS) is 16.2. The van der Waals surface area contributed by atoms with Crippen LogP contribution in [0.4, 0.5) is 0 Å². The van der Waals surface area contributed by atoms with Crippen LogP contribution in [0.3, 0.4) is 0 Å². The number of fused-ring (bicyclic) bond motifs is 1. The summed E-state index contributed by atoms with van der Waals surface area (Å²) in [7, 11) is 0. The Kier molecular flexibility index (Phi) is 4.40. The predicted octanol–water partition coefficient (Wildman–Crippen LogP) is 1.36. The number of carbonyl (C=O) groups is 4. The van der Waals surface area contributed by atoms with Crippen LogP contribution in [0.25, 0.3) is 0 Å². The van der Waals surface area contributed by atoms with Gasteiger partial charge in [-0.3, -0.25) is 29.4 Å². The molecule has 1 heterocycles. The monoisotopic (exact) mass is 302 g/mol. The molecule has 0 fully saturated rings. The van der Waals surface area contributed by atoms with Crippen LogP contribution in [0, 0.1) is 5.92 Å². The second-order valence-electron chi connectivity index (χ2n) is 5.40. The van der Waals surface area contributed by atoms with Crippen molar-refractivity contribution in [1.82, 2.24) is 10.2 Å². The minimum atomic E-state index is -0.999. The van der Waals surface area contributed by atoms with Crippen molar-refractivity contribution in [2.75, 3.05) is 0 Å². The molecule has 0 bridgehead atoms. The number of carbonyl (C=O) groups excluding carboxylic acids is 4. The molecule has 0 spiro atoms. The van der Waals surface area contributed by atoms with Crippen molar-refractivity contribution in [1.29, 1.82) is 0 Å². The molecule has 1 aliphatic rings. The summed E-state index contributed by atoms with van der Waals surface area (Å²) in [5, 5.41) is 2.18. The van der Waals surface area contributed by atoms with Gasteiger partial charge in [-0.25, -0.2) is 0 Å². The Balaban J connectivity index is 2.41. The van der Waals surface area contributed by atoms with Gasteiger partial charge < -0.3 is 0 Å². The average molecular weight is 302 g/mol. The molecule has 0 radical (unpaired) electrons. The first kappa shape index (κ1) is 15.9. The molecule has 1 aromatic rings. The number of hydrogen-bond donors (Lipinski definition) is 1. The molecule has 2 atom stereocenters. The Hall–Kier alpha value is -2.50. The number of nitrogens with one attached hydrogen (secondary N) is 1. The van der Waals surface area contributed by atoms with Gasteiger partial charge in [0.15, 0.2) is 0 Å². The number of hydrogen-bond acceptors (Lipinski definition) is 4. The van der Waals surface area contributed by atoms with E-state index in [1.165, 1.54) is 6.92 Å². The summed E-state index contributed by atoms with van der Waals surface area (Å²) >= 11 is 0. The Labute approximate surface area is 128 Å². The van der Waals surface area contributed by atoms with Crippen LogP contribution in [0.1, 0.15) is 47.9 Å². The quantitative estimate of drug-likeness (QED) is 0.851. The van der Waals surface area contributed by atoms with Gasteiger partial charge in [-0.1, -0.05) is 32.4 Å². The van der Waals surface area contributed by atoms with Crippen molar-refractivity contribution in [3.8, 4) is 0 Å². The zero-order valence-electron chi connectivity index (χ0n) is 12.8. The Morgan fingerprint density at radius 1 is 1.14 bits per heavy atom. The highest BCUT2D eigenvalue weighted by Crippen LogP contribution is 2.28. The highest BCUT2D eigenvalue weighted by atomic mass is 16.2. The summed E-state index contributed by atoms with van der Waals surface area (Å²) in [5.41, 5.74) is 0.577. The van der Waals surface area contributed by atoms with E-state index >= 15 is 0 Å². The fourth-order valence-electron chi connectivity index (χ4n) is 2.56. The first-order chi connectivity index (χ1) is 10.4. The Morgan fingerprint density at radius 3 is 2.05 bits per heavy atom. The first-order valence-corrected chi connectivity index (χ1v) is 7.16. The molecule has 0 aliphatic carbocycles. The van der Waals surface area contributed by atoms with Crippen LogP contribution < -0.4 is 5.32 Å². The summed E-state index contributed by atoms with van der Waals surface area (Å²) in [6.45, 7) is 4.85. The maximum absolute atomic E-state index is 12.5. The Bertz CT molecular complexity index is 618. The van der Waals surface area contributed by atoms with Crippen molar-refractivity contribution in [2.45, 2.75) is 33.2 Å². The van der Waals surface area contributed by atoms with Crippen LogP contribution in [-0.4, -0.2) is 34.6 Å². The first-order valence-electron chi connectivity index (χ1n) is 7.16. The van der Waals surface area contributed by atoms with E-state index < -0.39 is 29.7 Å². The molecular formula is C16H18N2O4. The molecule has 6 heteroatoms. The molecule has 2 rings (SSSR count). The zero-order chi connectivity index (χ0) is 16.4. The third kappa shape index (κ3) is 2.64. The van der Waals surface area contributed by atoms with E-state index in [4.69, 9.17) is 0 Å². The SMILES string of the molecule is CC[C@H](C)[C@@H](C(=O)NC(C)=O)N1C(=O)c2ccccc2C1=O. The van der Waals surface area contributed by atoms with Crippen LogP contribution in [-0.2, 0) is 9.59 Å². The lowest BCUT2D eigenvalue weighted by atomic mass is 9.96. The molecule has 22 heavy (non-hydrogen) atoms. The van der Waals surface area contributed by atoms with E-state index in [2.05, 4.69) is 5.32 Å². The number of imide groups is 2. The number of nitrogens with zero attached hydrogens (tertiary/aromatic N) is 1. The van der Waals surface area contributed by atoms with Gasteiger partial charge in [0.2, 0.25) is 11.8 Å². The molecule has 6 nitrogen and oxygen atoms in total. The van der Waals surface area contributed by atoms with Gasteiger partial charge in [0.25, 0.3) is 11.8 Å². The van der Waals surface area contributed by atoms with E-state index in [9.17, 15) is 19.2 Å². The van der Waals surface area contributed by atoms with Gasteiger partial charge in [-0.05, 0) is 18.1 Å². The smallest absolute Gasteiger partial charge is 0.262 e. The molecular weight excluding hydrogens is 284 g/mol. The fraction of sp³-hybridized carbons (Fsp3) is 0.375.